The van der Waals surface area contributed by atoms with Gasteiger partial charge >= 0.3 is 0 Å². The number of hydrogen-bond acceptors (Lipinski definition) is 8. The van der Waals surface area contributed by atoms with Crippen LogP contribution in [0.15, 0.2) is 54.7 Å². The van der Waals surface area contributed by atoms with Gasteiger partial charge in [0.15, 0.2) is 11.5 Å². The van der Waals surface area contributed by atoms with Crippen LogP contribution in [0.4, 0.5) is 5.69 Å². The summed E-state index contributed by atoms with van der Waals surface area (Å²) < 4.78 is 16.3. The van der Waals surface area contributed by atoms with Crippen LogP contribution in [0.2, 0.25) is 0 Å². The number of nitro groups is 1. The molecule has 164 valence electrons. The topological polar surface area (TPSA) is 136 Å². The van der Waals surface area contributed by atoms with E-state index in [1.807, 2.05) is 12.1 Å². The normalized spacial score (nSPS) is 11.1. The number of aromatic nitrogens is 3. The van der Waals surface area contributed by atoms with Crippen LogP contribution in [0, 0.1) is 21.4 Å². The number of methoxy groups -OCH3 is 2. The van der Waals surface area contributed by atoms with Crippen molar-refractivity contribution in [1.82, 2.24) is 15.0 Å². The number of pyridine rings is 1. The predicted molar refractivity (Wildman–Crippen MR) is 120 cm³/mol. The number of allylic oxidation sites excluding steroid dienone is 1. The average Bonchev–Trinajstić information content (AvgIpc) is 3.26. The Morgan fingerprint density at radius 2 is 1.97 bits per heavy atom. The summed E-state index contributed by atoms with van der Waals surface area (Å²) in [6, 6.07) is 15.4. The number of rotatable bonds is 7. The average molecular weight is 443 g/mol. The van der Waals surface area contributed by atoms with Crippen LogP contribution in [0.5, 0.6) is 23.1 Å². The van der Waals surface area contributed by atoms with Crippen molar-refractivity contribution in [1.29, 1.82) is 5.26 Å². The molecular formula is C23H17N5O5. The van der Waals surface area contributed by atoms with E-state index in [1.165, 1.54) is 19.2 Å². The van der Waals surface area contributed by atoms with E-state index in [0.29, 0.717) is 39.7 Å². The van der Waals surface area contributed by atoms with Crippen molar-refractivity contribution >= 4 is 28.4 Å². The van der Waals surface area contributed by atoms with Crippen molar-refractivity contribution < 1.29 is 19.1 Å². The van der Waals surface area contributed by atoms with Gasteiger partial charge in [-0.25, -0.2) is 9.97 Å². The Hall–Kier alpha value is -4.91. The summed E-state index contributed by atoms with van der Waals surface area (Å²) in [5.74, 6) is 2.05. The Bertz CT molecular complexity index is 1400. The van der Waals surface area contributed by atoms with Crippen LogP contribution >= 0.6 is 0 Å². The summed E-state index contributed by atoms with van der Waals surface area (Å²) >= 11 is 0. The lowest BCUT2D eigenvalue weighted by Crippen LogP contribution is -1.94. The maximum absolute atomic E-state index is 10.8. The van der Waals surface area contributed by atoms with Gasteiger partial charge in [-0.15, -0.1) is 0 Å². The van der Waals surface area contributed by atoms with E-state index in [2.05, 4.69) is 21.0 Å². The monoisotopic (exact) mass is 443 g/mol. The first kappa shape index (κ1) is 21.3. The number of hydrogen-bond donors (Lipinski definition) is 1. The Morgan fingerprint density at radius 3 is 2.64 bits per heavy atom. The highest BCUT2D eigenvalue weighted by Gasteiger charge is 2.12. The molecule has 0 atom stereocenters. The molecule has 0 saturated heterocycles. The first-order chi connectivity index (χ1) is 16.0. The maximum Gasteiger partial charge on any atom is 0.287 e. The molecule has 0 saturated carbocycles. The first-order valence-corrected chi connectivity index (χ1v) is 9.63. The summed E-state index contributed by atoms with van der Waals surface area (Å²) in [6.45, 7) is 0. The van der Waals surface area contributed by atoms with Gasteiger partial charge in [0.2, 0.25) is 5.88 Å². The molecule has 0 aliphatic carbocycles. The Kier molecular flexibility index (Phi) is 5.86. The van der Waals surface area contributed by atoms with Gasteiger partial charge in [0.25, 0.3) is 5.69 Å². The molecule has 4 aromatic rings. The minimum absolute atomic E-state index is 0.136. The van der Waals surface area contributed by atoms with Gasteiger partial charge in [-0.1, -0.05) is 6.07 Å². The second-order valence-corrected chi connectivity index (χ2v) is 6.76. The number of benzene rings is 2. The van der Waals surface area contributed by atoms with Crippen molar-refractivity contribution in [3.05, 3.63) is 76.2 Å². The van der Waals surface area contributed by atoms with Crippen LogP contribution in [-0.4, -0.2) is 34.1 Å². The molecule has 0 unspecified atom stereocenters. The quantitative estimate of drug-likeness (QED) is 0.246. The SMILES string of the molecule is COc1ccc2nc(/C(C#N)=C\c3ccc(Oc4ccc([N+](=O)[O-])cn4)c(OC)c3)[nH]c2c1. The minimum Gasteiger partial charge on any atom is -0.497 e. The number of nitriles is 1. The molecule has 2 aromatic carbocycles. The Balaban J connectivity index is 1.62. The second kappa shape index (κ2) is 9.07. The first-order valence-electron chi connectivity index (χ1n) is 9.63. The molecule has 0 fully saturated rings. The highest BCUT2D eigenvalue weighted by Crippen LogP contribution is 2.33. The number of aromatic amines is 1. The molecule has 0 aliphatic heterocycles. The lowest BCUT2D eigenvalue weighted by atomic mass is 10.1. The van der Waals surface area contributed by atoms with Gasteiger partial charge in [0.1, 0.15) is 23.8 Å². The molecule has 1 N–H and O–H groups in total. The smallest absolute Gasteiger partial charge is 0.287 e. The van der Waals surface area contributed by atoms with Gasteiger partial charge in [-0.3, -0.25) is 10.1 Å². The minimum atomic E-state index is -0.538. The molecule has 0 spiro atoms. The van der Waals surface area contributed by atoms with Gasteiger partial charge in [0.05, 0.1) is 35.7 Å². The van der Waals surface area contributed by atoms with Crippen LogP contribution < -0.4 is 14.2 Å². The number of nitrogens with zero attached hydrogens (tertiary/aromatic N) is 4. The Morgan fingerprint density at radius 1 is 1.12 bits per heavy atom. The second-order valence-electron chi connectivity index (χ2n) is 6.76. The highest BCUT2D eigenvalue weighted by atomic mass is 16.6. The summed E-state index contributed by atoms with van der Waals surface area (Å²) in [5, 5.41) is 20.5. The van der Waals surface area contributed by atoms with E-state index in [4.69, 9.17) is 14.2 Å². The molecule has 0 radical (unpaired) electrons. The molecule has 4 rings (SSSR count). The highest BCUT2D eigenvalue weighted by molar-refractivity contribution is 5.90. The number of imidazole rings is 1. The van der Waals surface area contributed by atoms with Crippen molar-refractivity contribution in [3.8, 4) is 29.2 Å². The molecule has 0 bridgehead atoms. The van der Waals surface area contributed by atoms with Crippen molar-refractivity contribution in [2.75, 3.05) is 14.2 Å². The van der Waals surface area contributed by atoms with Crippen molar-refractivity contribution in [2.24, 2.45) is 0 Å². The van der Waals surface area contributed by atoms with Gasteiger partial charge in [-0.2, -0.15) is 5.26 Å². The van der Waals surface area contributed by atoms with E-state index < -0.39 is 4.92 Å². The Labute approximate surface area is 187 Å². The molecule has 33 heavy (non-hydrogen) atoms. The summed E-state index contributed by atoms with van der Waals surface area (Å²) in [6.07, 6.45) is 2.78. The van der Waals surface area contributed by atoms with E-state index in [9.17, 15) is 15.4 Å². The molecule has 2 aromatic heterocycles. The van der Waals surface area contributed by atoms with Crippen LogP contribution in [-0.2, 0) is 0 Å². The number of ether oxygens (including phenoxy) is 3. The van der Waals surface area contributed by atoms with Gasteiger partial charge in [-0.05, 0) is 35.9 Å². The third-order valence-corrected chi connectivity index (χ3v) is 4.71. The zero-order valence-electron chi connectivity index (χ0n) is 17.6. The molecule has 0 amide bonds. The zero-order valence-corrected chi connectivity index (χ0v) is 17.6. The third-order valence-electron chi connectivity index (χ3n) is 4.71. The molecule has 2 heterocycles. The molecule has 10 nitrogen and oxygen atoms in total. The fraction of sp³-hybridized carbons (Fsp3) is 0.0870. The summed E-state index contributed by atoms with van der Waals surface area (Å²) in [7, 11) is 3.06. The zero-order chi connectivity index (χ0) is 23.4. The predicted octanol–water partition coefficient (Wildman–Crippen LogP) is 4.74. The summed E-state index contributed by atoms with van der Waals surface area (Å²) in [5.41, 5.74) is 2.34. The summed E-state index contributed by atoms with van der Waals surface area (Å²) in [4.78, 5) is 21.8. The maximum atomic E-state index is 10.8. The van der Waals surface area contributed by atoms with Gasteiger partial charge < -0.3 is 19.2 Å². The van der Waals surface area contributed by atoms with Crippen LogP contribution in [0.3, 0.4) is 0 Å². The lowest BCUT2D eigenvalue weighted by molar-refractivity contribution is -0.385. The number of fused-ring (bicyclic) bond motifs is 1. The van der Waals surface area contributed by atoms with Gasteiger partial charge in [0, 0.05) is 18.2 Å². The van der Waals surface area contributed by atoms with E-state index in [1.54, 1.807) is 37.5 Å². The fourth-order valence-electron chi connectivity index (χ4n) is 3.08. The number of nitrogens with one attached hydrogen (secondary N) is 1. The van der Waals surface area contributed by atoms with Crippen molar-refractivity contribution in [3.63, 3.8) is 0 Å². The van der Waals surface area contributed by atoms with Crippen LogP contribution in [0.1, 0.15) is 11.4 Å². The van der Waals surface area contributed by atoms with E-state index in [-0.39, 0.29) is 11.6 Å². The third kappa shape index (κ3) is 4.57. The van der Waals surface area contributed by atoms with E-state index in [0.717, 1.165) is 11.7 Å². The molecular weight excluding hydrogens is 426 g/mol. The lowest BCUT2D eigenvalue weighted by Gasteiger charge is -2.10. The van der Waals surface area contributed by atoms with Crippen LogP contribution in [0.25, 0.3) is 22.7 Å². The molecule has 10 heteroatoms. The standard InChI is InChI=1S/C23H17N5O5/c1-31-17-5-6-18-19(11-17)27-23(26-18)15(12-24)9-14-3-7-20(21(10-14)32-2)33-22-8-4-16(13-25-22)28(29)30/h3-11,13H,1-2H3,(H,26,27)/b15-9-. The molecule has 0 aliphatic rings. The number of H-pyrrole nitrogens is 1. The largest absolute Gasteiger partial charge is 0.497 e. The van der Waals surface area contributed by atoms with E-state index >= 15 is 0 Å². The van der Waals surface area contributed by atoms with Crippen molar-refractivity contribution in [2.45, 2.75) is 0 Å². The fourth-order valence-corrected chi connectivity index (χ4v) is 3.08.